The van der Waals surface area contributed by atoms with Crippen molar-refractivity contribution < 1.29 is 39.5 Å². The van der Waals surface area contributed by atoms with E-state index in [4.69, 9.17) is 33.2 Å². The Kier molecular flexibility index (Phi) is 9.95. The number of rotatable bonds is 12. The van der Waals surface area contributed by atoms with E-state index in [0.29, 0.717) is 38.1 Å². The number of unbranched alkanes of at least 4 members (excludes halogenated alkanes) is 6. The van der Waals surface area contributed by atoms with Gasteiger partial charge >= 0.3 is 29.9 Å². The maximum atomic E-state index is 13.3. The van der Waals surface area contributed by atoms with Crippen LogP contribution in [0.25, 0.3) is 0 Å². The van der Waals surface area contributed by atoms with E-state index in [1.165, 1.54) is 0 Å². The topological polar surface area (TPSA) is 0 Å². The summed E-state index contributed by atoms with van der Waals surface area (Å²) in [7, 11) is 0. The van der Waals surface area contributed by atoms with E-state index in [2.05, 4.69) is 0 Å². The zero-order chi connectivity index (χ0) is 20.9. The Morgan fingerprint density at radius 2 is 0.923 bits per heavy atom. The average molecular weight is 480 g/mol. The molecule has 0 aromatic carbocycles. The maximum absolute atomic E-state index is 13.3. The molecule has 0 saturated carbocycles. The largest absolute Gasteiger partial charge is 0.460 e. The average Bonchev–Trinajstić information content (AvgIpc) is 2.42. The van der Waals surface area contributed by atoms with Crippen molar-refractivity contribution >= 4 is 39.2 Å². The fourth-order valence-corrected chi connectivity index (χ4v) is 3.97. The second kappa shape index (κ2) is 9.78. The van der Waals surface area contributed by atoms with Gasteiger partial charge < -0.3 is 0 Å². The van der Waals surface area contributed by atoms with Gasteiger partial charge in [0.1, 0.15) is 0 Å². The minimum absolute atomic E-state index is 0.00245. The van der Waals surface area contributed by atoms with Crippen molar-refractivity contribution in [1.29, 1.82) is 0 Å². The number of halogens is 12. The Morgan fingerprint density at radius 3 is 1.31 bits per heavy atom. The summed E-state index contributed by atoms with van der Waals surface area (Å²) in [6.45, 7) is 0. The Balaban J connectivity index is 4.22. The molecule has 0 spiro atoms. The number of hydrogen-bond donors (Lipinski definition) is 0. The molecule has 0 aromatic heterocycles. The van der Waals surface area contributed by atoms with Gasteiger partial charge in [0.05, 0.1) is 0 Å². The monoisotopic (exact) mass is 478 g/mol. The first-order valence-electron chi connectivity index (χ1n) is 7.72. The molecule has 0 nitrogen and oxygen atoms in total. The van der Waals surface area contributed by atoms with Gasteiger partial charge in [-0.15, -0.1) is 33.2 Å². The molecule has 0 rings (SSSR count). The van der Waals surface area contributed by atoms with Crippen molar-refractivity contribution in [2.45, 2.75) is 81.4 Å². The van der Waals surface area contributed by atoms with Crippen LogP contribution < -0.4 is 0 Å². The van der Waals surface area contributed by atoms with Gasteiger partial charge in [-0.05, 0) is 12.5 Å². The van der Waals surface area contributed by atoms with Crippen LogP contribution >= 0.6 is 33.2 Å². The van der Waals surface area contributed by atoms with Crippen LogP contribution in [0.15, 0.2) is 0 Å². The number of hydrogen-bond acceptors (Lipinski definition) is 0. The molecule has 0 bridgehead atoms. The first-order chi connectivity index (χ1) is 11.5. The maximum Gasteiger partial charge on any atom is 0.460 e. The minimum atomic E-state index is -6.81. The van der Waals surface area contributed by atoms with E-state index in [-0.39, 0.29) is 6.42 Å². The zero-order valence-electron chi connectivity index (χ0n) is 13.4. The third-order valence-corrected chi connectivity index (χ3v) is 6.28. The quantitative estimate of drug-likeness (QED) is 0.114. The Bertz CT molecular complexity index is 422. The van der Waals surface area contributed by atoms with Crippen molar-refractivity contribution in [2.24, 2.45) is 0 Å². The summed E-state index contributed by atoms with van der Waals surface area (Å²) < 4.78 is 114. The molecule has 0 saturated heterocycles. The van der Waals surface area contributed by atoms with E-state index >= 15 is 0 Å². The van der Waals surface area contributed by atoms with Gasteiger partial charge in [-0.2, -0.15) is 39.5 Å². The molecule has 0 radical (unpaired) electrons. The van der Waals surface area contributed by atoms with Gasteiger partial charge in [-0.25, -0.2) is 0 Å². The summed E-state index contributed by atoms with van der Waals surface area (Å²) in [5, 5.41) is 0. The highest BCUT2D eigenvalue weighted by atomic mass is 35.8. The van der Waals surface area contributed by atoms with Gasteiger partial charge in [-0.3, -0.25) is 0 Å². The molecular formula is C13H18Cl3F9Si. The Hall–Kier alpha value is 0.457. The normalized spacial score (nSPS) is 14.8. The standard InChI is InChI=1S/C13H18Cl3F9Si/c14-26(15,16)9-7-5-3-1-2-4-6-8-10(17,18)11(19,20)12(21,22)13(23,24)25/h1-9H2. The minimum Gasteiger partial charge on any atom is -0.200 e. The van der Waals surface area contributed by atoms with Gasteiger partial charge in [0, 0.05) is 6.42 Å². The predicted octanol–water partition coefficient (Wildman–Crippen LogP) is 8.23. The van der Waals surface area contributed by atoms with Gasteiger partial charge in [0.25, 0.3) is 0 Å². The molecule has 13 heteroatoms. The predicted molar refractivity (Wildman–Crippen MR) is 86.0 cm³/mol. The lowest BCUT2D eigenvalue weighted by Crippen LogP contribution is -2.60. The van der Waals surface area contributed by atoms with Crippen molar-refractivity contribution in [2.75, 3.05) is 0 Å². The van der Waals surface area contributed by atoms with Crippen LogP contribution in [0.1, 0.15) is 51.4 Å². The molecule has 0 aliphatic heterocycles. The Labute approximate surface area is 160 Å². The fourth-order valence-electron chi connectivity index (χ4n) is 2.12. The zero-order valence-corrected chi connectivity index (χ0v) is 16.7. The Morgan fingerprint density at radius 1 is 0.538 bits per heavy atom. The van der Waals surface area contributed by atoms with E-state index in [1.807, 2.05) is 0 Å². The summed E-state index contributed by atoms with van der Waals surface area (Å²) in [5.41, 5.74) is 0. The number of alkyl halides is 9. The van der Waals surface area contributed by atoms with Crippen molar-refractivity contribution in [3.8, 4) is 0 Å². The van der Waals surface area contributed by atoms with Gasteiger partial charge in [-0.1, -0.05) is 38.5 Å². The SMILES string of the molecule is FC(F)(F)C(F)(F)C(F)(F)C(F)(F)CCCCCCCCC[Si](Cl)(Cl)Cl. The molecule has 0 aliphatic rings. The molecule has 158 valence electrons. The lowest BCUT2D eigenvalue weighted by atomic mass is 9.98. The van der Waals surface area contributed by atoms with Crippen LogP contribution in [0.3, 0.4) is 0 Å². The van der Waals surface area contributed by atoms with E-state index in [1.54, 1.807) is 0 Å². The summed E-state index contributed by atoms with van der Waals surface area (Å²) in [6.07, 6.45) is -6.16. The first kappa shape index (κ1) is 26.5. The van der Waals surface area contributed by atoms with Crippen LogP contribution in [0, 0.1) is 0 Å². The van der Waals surface area contributed by atoms with Gasteiger partial charge in [0.15, 0.2) is 0 Å². The van der Waals surface area contributed by atoms with Crippen LogP contribution in [0.4, 0.5) is 39.5 Å². The second-order valence-electron chi connectivity index (χ2n) is 5.94. The summed E-state index contributed by atoms with van der Waals surface area (Å²) >= 11 is 17.0. The summed E-state index contributed by atoms with van der Waals surface area (Å²) in [4.78, 5) is 0. The highest BCUT2D eigenvalue weighted by Crippen LogP contribution is 2.54. The first-order valence-corrected chi connectivity index (χ1v) is 13.0. The molecule has 0 aromatic rings. The molecule has 0 fully saturated rings. The van der Waals surface area contributed by atoms with E-state index in [9.17, 15) is 39.5 Å². The molecule has 0 N–H and O–H groups in total. The van der Waals surface area contributed by atoms with Crippen LogP contribution in [-0.2, 0) is 0 Å². The van der Waals surface area contributed by atoms with Crippen molar-refractivity contribution in [3.05, 3.63) is 0 Å². The van der Waals surface area contributed by atoms with Gasteiger partial charge in [0.2, 0.25) is 0 Å². The smallest absolute Gasteiger partial charge is 0.200 e. The molecule has 0 aliphatic carbocycles. The molecule has 0 heterocycles. The van der Waals surface area contributed by atoms with Crippen LogP contribution in [0.5, 0.6) is 0 Å². The van der Waals surface area contributed by atoms with Crippen molar-refractivity contribution in [1.82, 2.24) is 0 Å². The summed E-state index contributed by atoms with van der Waals surface area (Å²) in [5.74, 6) is -18.8. The molecule has 0 atom stereocenters. The fraction of sp³-hybridized carbons (Fsp3) is 1.00. The third-order valence-electron chi connectivity index (χ3n) is 3.66. The molecule has 0 amide bonds. The lowest BCUT2D eigenvalue weighted by Gasteiger charge is -2.33. The molecule has 26 heavy (non-hydrogen) atoms. The van der Waals surface area contributed by atoms with E-state index < -0.39 is 42.8 Å². The van der Waals surface area contributed by atoms with Crippen LogP contribution in [0.2, 0.25) is 6.04 Å². The van der Waals surface area contributed by atoms with Crippen LogP contribution in [-0.4, -0.2) is 29.9 Å². The molecular weight excluding hydrogens is 462 g/mol. The third kappa shape index (κ3) is 7.83. The van der Waals surface area contributed by atoms with Crippen molar-refractivity contribution in [3.63, 3.8) is 0 Å². The highest BCUT2D eigenvalue weighted by Gasteiger charge is 2.81. The summed E-state index contributed by atoms with van der Waals surface area (Å²) in [6, 6.07) is -2.22. The van der Waals surface area contributed by atoms with E-state index in [0.717, 1.165) is 0 Å². The highest BCUT2D eigenvalue weighted by molar-refractivity contribution is 7.64. The second-order valence-corrected chi connectivity index (χ2v) is 15.2. The lowest BCUT2D eigenvalue weighted by molar-refractivity contribution is -0.396. The molecule has 0 unspecified atom stereocenters.